The van der Waals surface area contributed by atoms with Crippen molar-refractivity contribution in [3.63, 3.8) is 0 Å². The number of nitrogens with two attached hydrogens (primary N) is 1. The normalized spacial score (nSPS) is 21.2. The SMILES string of the molecule is NS(=O)(=O)c1ccc(NC(=O)CCN2CCCC(C(=O)NC3CCCCC3)C2)cc1. The molecule has 0 aromatic heterocycles. The van der Waals surface area contributed by atoms with Crippen molar-refractivity contribution in [3.05, 3.63) is 24.3 Å². The Bertz CT molecular complexity index is 835. The van der Waals surface area contributed by atoms with Crippen LogP contribution in [-0.2, 0) is 19.6 Å². The van der Waals surface area contributed by atoms with E-state index in [1.807, 2.05) is 0 Å². The molecule has 1 aliphatic carbocycles. The summed E-state index contributed by atoms with van der Waals surface area (Å²) in [6, 6.07) is 6.10. The smallest absolute Gasteiger partial charge is 0.238 e. The molecule has 2 amide bonds. The Hall–Kier alpha value is -1.97. The van der Waals surface area contributed by atoms with Crippen molar-refractivity contribution in [3.8, 4) is 0 Å². The van der Waals surface area contributed by atoms with Gasteiger partial charge in [-0.1, -0.05) is 19.3 Å². The van der Waals surface area contributed by atoms with Crippen LogP contribution in [0.15, 0.2) is 29.2 Å². The van der Waals surface area contributed by atoms with Crippen molar-refractivity contribution in [2.24, 2.45) is 11.1 Å². The van der Waals surface area contributed by atoms with Crippen LogP contribution in [0.3, 0.4) is 0 Å². The first-order valence-corrected chi connectivity index (χ1v) is 12.3. The minimum atomic E-state index is -3.75. The van der Waals surface area contributed by atoms with E-state index >= 15 is 0 Å². The largest absolute Gasteiger partial charge is 0.353 e. The molecule has 3 rings (SSSR count). The summed E-state index contributed by atoms with van der Waals surface area (Å²) in [4.78, 5) is 27.1. The molecular weight excluding hydrogens is 404 g/mol. The van der Waals surface area contributed by atoms with Gasteiger partial charge in [0.15, 0.2) is 0 Å². The van der Waals surface area contributed by atoms with Crippen LogP contribution in [0.2, 0.25) is 0 Å². The zero-order valence-corrected chi connectivity index (χ0v) is 18.1. The quantitative estimate of drug-likeness (QED) is 0.602. The number of amides is 2. The monoisotopic (exact) mass is 436 g/mol. The Morgan fingerprint density at radius 2 is 1.73 bits per heavy atom. The maximum Gasteiger partial charge on any atom is 0.238 e. The van der Waals surface area contributed by atoms with Gasteiger partial charge in [0.1, 0.15) is 0 Å². The van der Waals surface area contributed by atoms with Gasteiger partial charge in [-0.25, -0.2) is 13.6 Å². The predicted octanol–water partition coefficient (Wildman–Crippen LogP) is 1.82. The van der Waals surface area contributed by atoms with Gasteiger partial charge in [0, 0.05) is 31.2 Å². The number of sulfonamides is 1. The standard InChI is InChI=1S/C21H32N4O4S/c22-30(28,29)19-10-8-18(9-11-19)23-20(26)12-14-25-13-4-5-16(15-25)21(27)24-17-6-2-1-3-7-17/h8-11,16-17H,1-7,12-15H2,(H,23,26)(H,24,27)(H2,22,28,29). The third-order valence-corrected chi connectivity index (χ3v) is 6.88. The Morgan fingerprint density at radius 3 is 2.40 bits per heavy atom. The number of benzene rings is 1. The van der Waals surface area contributed by atoms with Crippen LogP contribution >= 0.6 is 0 Å². The van der Waals surface area contributed by atoms with E-state index in [4.69, 9.17) is 5.14 Å². The molecule has 1 unspecified atom stereocenters. The average molecular weight is 437 g/mol. The number of carbonyl (C=O) groups is 2. The summed E-state index contributed by atoms with van der Waals surface area (Å²) in [6.07, 6.45) is 8.00. The number of rotatable bonds is 7. The summed E-state index contributed by atoms with van der Waals surface area (Å²) in [7, 11) is -3.75. The molecule has 9 heteroatoms. The van der Waals surface area contributed by atoms with Crippen molar-refractivity contribution in [1.29, 1.82) is 0 Å². The van der Waals surface area contributed by atoms with Crippen LogP contribution in [0.1, 0.15) is 51.4 Å². The number of nitrogens with one attached hydrogen (secondary N) is 2. The number of carbonyl (C=O) groups excluding carboxylic acids is 2. The van der Waals surface area contributed by atoms with Gasteiger partial charge in [0.05, 0.1) is 10.8 Å². The molecule has 1 aliphatic heterocycles. The van der Waals surface area contributed by atoms with E-state index in [1.54, 1.807) is 0 Å². The molecule has 8 nitrogen and oxygen atoms in total. The lowest BCUT2D eigenvalue weighted by Crippen LogP contribution is -2.46. The zero-order chi connectivity index (χ0) is 21.6. The molecule has 1 atom stereocenters. The molecule has 2 fully saturated rings. The fraction of sp³-hybridized carbons (Fsp3) is 0.619. The van der Waals surface area contributed by atoms with Gasteiger partial charge < -0.3 is 15.5 Å². The highest BCUT2D eigenvalue weighted by molar-refractivity contribution is 7.89. The van der Waals surface area contributed by atoms with Crippen molar-refractivity contribution < 1.29 is 18.0 Å². The number of anilines is 1. The molecule has 0 radical (unpaired) electrons. The minimum absolute atomic E-state index is 0.00510. The average Bonchev–Trinajstić information content (AvgIpc) is 2.73. The highest BCUT2D eigenvalue weighted by Gasteiger charge is 2.27. The first-order chi connectivity index (χ1) is 14.3. The third-order valence-electron chi connectivity index (χ3n) is 5.95. The lowest BCUT2D eigenvalue weighted by atomic mass is 9.93. The van der Waals surface area contributed by atoms with Crippen LogP contribution in [0.5, 0.6) is 0 Å². The lowest BCUT2D eigenvalue weighted by molar-refractivity contribution is -0.127. The Labute approximate surface area is 178 Å². The summed E-state index contributed by atoms with van der Waals surface area (Å²) in [5, 5.41) is 11.1. The van der Waals surface area contributed by atoms with E-state index in [2.05, 4.69) is 15.5 Å². The second-order valence-electron chi connectivity index (χ2n) is 8.35. The number of hydrogen-bond acceptors (Lipinski definition) is 5. The van der Waals surface area contributed by atoms with E-state index in [9.17, 15) is 18.0 Å². The molecule has 0 bridgehead atoms. The fourth-order valence-electron chi connectivity index (χ4n) is 4.25. The molecule has 1 heterocycles. The van der Waals surface area contributed by atoms with Crippen LogP contribution < -0.4 is 15.8 Å². The summed E-state index contributed by atoms with van der Waals surface area (Å²) < 4.78 is 22.6. The second-order valence-corrected chi connectivity index (χ2v) is 9.91. The van der Waals surface area contributed by atoms with Crippen LogP contribution in [0.25, 0.3) is 0 Å². The first-order valence-electron chi connectivity index (χ1n) is 10.8. The molecule has 0 spiro atoms. The molecule has 2 aliphatic rings. The zero-order valence-electron chi connectivity index (χ0n) is 17.3. The highest BCUT2D eigenvalue weighted by atomic mass is 32.2. The van der Waals surface area contributed by atoms with E-state index in [0.717, 1.165) is 32.2 Å². The van der Waals surface area contributed by atoms with Gasteiger partial charge in [-0.05, 0) is 56.5 Å². The molecule has 1 aromatic rings. The number of hydrogen-bond donors (Lipinski definition) is 3. The molecule has 1 saturated carbocycles. The molecule has 1 saturated heterocycles. The molecular formula is C21H32N4O4S. The van der Waals surface area contributed by atoms with Crippen LogP contribution in [-0.4, -0.2) is 50.8 Å². The van der Waals surface area contributed by atoms with Crippen molar-refractivity contribution in [1.82, 2.24) is 10.2 Å². The van der Waals surface area contributed by atoms with Crippen molar-refractivity contribution in [2.45, 2.75) is 62.3 Å². The Kier molecular flexibility index (Phi) is 7.85. The van der Waals surface area contributed by atoms with Crippen molar-refractivity contribution >= 4 is 27.5 Å². The van der Waals surface area contributed by atoms with Gasteiger partial charge >= 0.3 is 0 Å². The molecule has 1 aromatic carbocycles. The van der Waals surface area contributed by atoms with Crippen molar-refractivity contribution in [2.75, 3.05) is 25.0 Å². The number of nitrogens with zero attached hydrogens (tertiary/aromatic N) is 1. The molecule has 166 valence electrons. The summed E-state index contributed by atoms with van der Waals surface area (Å²) in [6.45, 7) is 2.17. The fourth-order valence-corrected chi connectivity index (χ4v) is 4.77. The maximum absolute atomic E-state index is 12.6. The lowest BCUT2D eigenvalue weighted by Gasteiger charge is -2.33. The first kappa shape index (κ1) is 22.7. The van der Waals surface area contributed by atoms with E-state index in [-0.39, 0.29) is 22.6 Å². The van der Waals surface area contributed by atoms with E-state index < -0.39 is 10.0 Å². The van der Waals surface area contributed by atoms with Gasteiger partial charge in [0.25, 0.3) is 0 Å². The van der Waals surface area contributed by atoms with E-state index in [1.165, 1.54) is 43.5 Å². The Morgan fingerprint density at radius 1 is 1.03 bits per heavy atom. The molecule has 30 heavy (non-hydrogen) atoms. The minimum Gasteiger partial charge on any atom is -0.353 e. The van der Waals surface area contributed by atoms with E-state index in [0.29, 0.717) is 31.2 Å². The summed E-state index contributed by atoms with van der Waals surface area (Å²) in [5.41, 5.74) is 0.524. The predicted molar refractivity (Wildman–Crippen MR) is 115 cm³/mol. The van der Waals surface area contributed by atoms with Crippen LogP contribution in [0.4, 0.5) is 5.69 Å². The van der Waals surface area contributed by atoms with Gasteiger partial charge in [-0.3, -0.25) is 9.59 Å². The second kappa shape index (κ2) is 10.4. The highest BCUT2D eigenvalue weighted by Crippen LogP contribution is 2.21. The number of primary sulfonamides is 1. The number of piperidine rings is 1. The maximum atomic E-state index is 12.6. The van der Waals surface area contributed by atoms with Gasteiger partial charge in [0.2, 0.25) is 21.8 Å². The summed E-state index contributed by atoms with van der Waals surface area (Å²) in [5.74, 6) is 0.00706. The van der Waals surface area contributed by atoms with Crippen LogP contribution in [0, 0.1) is 5.92 Å². The number of likely N-dealkylation sites (tertiary alicyclic amines) is 1. The summed E-state index contributed by atoms with van der Waals surface area (Å²) >= 11 is 0. The molecule has 4 N–H and O–H groups in total. The van der Waals surface area contributed by atoms with Gasteiger partial charge in [-0.15, -0.1) is 0 Å². The topological polar surface area (TPSA) is 122 Å². The van der Waals surface area contributed by atoms with Gasteiger partial charge in [-0.2, -0.15) is 0 Å². The Balaban J connectivity index is 1.42. The third kappa shape index (κ3) is 6.78.